The number of methoxy groups -OCH3 is 1. The normalized spacial score (nSPS) is 14.7. The molecule has 1 aromatic heterocycles. The molecule has 0 aromatic carbocycles. The minimum absolute atomic E-state index is 0.0546. The number of likely N-dealkylation sites (tertiary alicyclic amines) is 1. The lowest BCUT2D eigenvalue weighted by atomic mass is 10.1. The van der Waals surface area contributed by atoms with Gasteiger partial charge in [0.25, 0.3) is 5.91 Å². The number of hydrogen-bond donors (Lipinski definition) is 1. The third-order valence-electron chi connectivity index (χ3n) is 4.66. The Labute approximate surface area is 161 Å². The van der Waals surface area contributed by atoms with Gasteiger partial charge in [-0.2, -0.15) is 0 Å². The molecule has 2 rings (SSSR count). The number of carbonyl (C=O) groups is 2. The highest BCUT2D eigenvalue weighted by Crippen LogP contribution is 2.09. The summed E-state index contributed by atoms with van der Waals surface area (Å²) in [6, 6.07) is 0. The van der Waals surface area contributed by atoms with Gasteiger partial charge in [-0.25, -0.2) is 4.98 Å². The second-order valence-electron chi connectivity index (χ2n) is 6.73. The lowest BCUT2D eigenvalue weighted by Gasteiger charge is -2.30. The first kappa shape index (κ1) is 21.2. The van der Waals surface area contributed by atoms with Crippen molar-refractivity contribution >= 4 is 11.8 Å². The molecule has 27 heavy (non-hydrogen) atoms. The average Bonchev–Trinajstić information content (AvgIpc) is 2.72. The van der Waals surface area contributed by atoms with Crippen LogP contribution in [0.4, 0.5) is 0 Å². The highest BCUT2D eigenvalue weighted by molar-refractivity contribution is 5.92. The minimum Gasteiger partial charge on any atom is -0.385 e. The van der Waals surface area contributed by atoms with Gasteiger partial charge in [-0.1, -0.05) is 6.42 Å². The Hall–Kier alpha value is -2.06. The van der Waals surface area contributed by atoms with Crippen LogP contribution in [0.1, 0.15) is 42.6 Å². The lowest BCUT2D eigenvalue weighted by molar-refractivity contribution is -0.121. The number of nitrogens with zero attached hydrogens (tertiary/aromatic N) is 4. The second-order valence-corrected chi connectivity index (χ2v) is 6.73. The number of hydrogen-bond acceptors (Lipinski definition) is 6. The number of carbonyl (C=O) groups excluding carboxylic acids is 2. The zero-order valence-electron chi connectivity index (χ0n) is 16.2. The van der Waals surface area contributed by atoms with Gasteiger partial charge in [-0.05, 0) is 32.4 Å². The average molecular weight is 377 g/mol. The number of ether oxygens (including phenoxy) is 1. The molecule has 0 aliphatic carbocycles. The number of aromatic nitrogens is 2. The van der Waals surface area contributed by atoms with Crippen LogP contribution in [0.2, 0.25) is 0 Å². The Kier molecular flexibility index (Phi) is 9.72. The molecule has 1 fully saturated rings. The summed E-state index contributed by atoms with van der Waals surface area (Å²) < 4.78 is 4.97. The topological polar surface area (TPSA) is 87.7 Å². The molecule has 1 aliphatic rings. The maximum Gasteiger partial charge on any atom is 0.274 e. The number of rotatable bonds is 11. The molecule has 8 heteroatoms. The Morgan fingerprint density at radius 2 is 2.04 bits per heavy atom. The van der Waals surface area contributed by atoms with E-state index in [0.717, 1.165) is 26.1 Å². The monoisotopic (exact) mass is 377 g/mol. The van der Waals surface area contributed by atoms with E-state index in [2.05, 4.69) is 20.2 Å². The molecular formula is C19H31N5O3. The van der Waals surface area contributed by atoms with E-state index in [4.69, 9.17) is 4.74 Å². The molecule has 1 N–H and O–H groups in total. The van der Waals surface area contributed by atoms with Crippen molar-refractivity contribution in [1.82, 2.24) is 25.1 Å². The van der Waals surface area contributed by atoms with Gasteiger partial charge in [-0.3, -0.25) is 14.6 Å². The third kappa shape index (κ3) is 8.01. The van der Waals surface area contributed by atoms with E-state index < -0.39 is 0 Å². The van der Waals surface area contributed by atoms with Crippen molar-refractivity contribution in [2.75, 3.05) is 53.0 Å². The SMILES string of the molecule is COCCCNC(=O)CCN(CCN1CCCCC1)C(=O)c1cnccn1. The fourth-order valence-electron chi connectivity index (χ4n) is 3.10. The van der Waals surface area contributed by atoms with E-state index in [9.17, 15) is 9.59 Å². The van der Waals surface area contributed by atoms with E-state index in [-0.39, 0.29) is 18.2 Å². The number of nitrogens with one attached hydrogen (secondary N) is 1. The Morgan fingerprint density at radius 1 is 1.22 bits per heavy atom. The van der Waals surface area contributed by atoms with Crippen LogP contribution in [0.3, 0.4) is 0 Å². The van der Waals surface area contributed by atoms with Crippen molar-refractivity contribution in [3.05, 3.63) is 24.3 Å². The molecule has 0 atom stereocenters. The maximum absolute atomic E-state index is 12.8. The Balaban J connectivity index is 1.86. The summed E-state index contributed by atoms with van der Waals surface area (Å²) in [5, 5.41) is 2.86. The van der Waals surface area contributed by atoms with Crippen LogP contribution < -0.4 is 5.32 Å². The second kappa shape index (κ2) is 12.3. The van der Waals surface area contributed by atoms with E-state index in [1.54, 1.807) is 18.2 Å². The summed E-state index contributed by atoms with van der Waals surface area (Å²) in [7, 11) is 1.64. The van der Waals surface area contributed by atoms with Gasteiger partial charge in [0.15, 0.2) is 0 Å². The molecule has 2 amide bonds. The Bertz CT molecular complexity index is 564. The van der Waals surface area contributed by atoms with Crippen molar-refractivity contribution < 1.29 is 14.3 Å². The molecule has 0 saturated carbocycles. The number of amides is 2. The summed E-state index contributed by atoms with van der Waals surface area (Å²) in [6.45, 7) is 5.14. The van der Waals surface area contributed by atoms with Crippen LogP contribution in [0.15, 0.2) is 18.6 Å². The highest BCUT2D eigenvalue weighted by atomic mass is 16.5. The van der Waals surface area contributed by atoms with Crippen LogP contribution in [0, 0.1) is 0 Å². The van der Waals surface area contributed by atoms with Gasteiger partial charge in [0.05, 0.1) is 6.20 Å². The van der Waals surface area contributed by atoms with Gasteiger partial charge in [0.1, 0.15) is 5.69 Å². The predicted octanol–water partition coefficient (Wildman–Crippen LogP) is 0.948. The van der Waals surface area contributed by atoms with Crippen LogP contribution in [0.5, 0.6) is 0 Å². The molecule has 0 radical (unpaired) electrons. The first-order valence-electron chi connectivity index (χ1n) is 9.74. The molecule has 0 spiro atoms. The summed E-state index contributed by atoms with van der Waals surface area (Å²) in [5.74, 6) is -0.228. The van der Waals surface area contributed by atoms with Crippen molar-refractivity contribution in [2.24, 2.45) is 0 Å². The quantitative estimate of drug-likeness (QED) is 0.578. The van der Waals surface area contributed by atoms with Crippen molar-refractivity contribution in [1.29, 1.82) is 0 Å². The van der Waals surface area contributed by atoms with Gasteiger partial charge in [0, 0.05) is 58.7 Å². The standard InChI is InChI=1S/C19H31N5O3/c1-27-15-5-7-22-18(25)6-12-24(14-13-23-10-3-2-4-11-23)19(26)17-16-20-8-9-21-17/h8-9,16H,2-7,10-15H2,1H3,(H,22,25). The zero-order valence-corrected chi connectivity index (χ0v) is 16.2. The summed E-state index contributed by atoms with van der Waals surface area (Å²) in [5.41, 5.74) is 0.316. The van der Waals surface area contributed by atoms with E-state index in [1.165, 1.54) is 31.7 Å². The first-order chi connectivity index (χ1) is 13.2. The van der Waals surface area contributed by atoms with Crippen LogP contribution in [-0.2, 0) is 9.53 Å². The first-order valence-corrected chi connectivity index (χ1v) is 9.74. The summed E-state index contributed by atoms with van der Waals surface area (Å²) in [6.07, 6.45) is 9.28. The van der Waals surface area contributed by atoms with Crippen molar-refractivity contribution in [3.8, 4) is 0 Å². The van der Waals surface area contributed by atoms with Gasteiger partial charge in [0.2, 0.25) is 5.91 Å². The summed E-state index contributed by atoms with van der Waals surface area (Å²) in [4.78, 5) is 37.0. The van der Waals surface area contributed by atoms with Crippen LogP contribution in [-0.4, -0.2) is 84.6 Å². The maximum atomic E-state index is 12.8. The molecule has 0 bridgehead atoms. The van der Waals surface area contributed by atoms with Gasteiger partial charge in [-0.15, -0.1) is 0 Å². The minimum atomic E-state index is -0.174. The Morgan fingerprint density at radius 3 is 2.74 bits per heavy atom. The van der Waals surface area contributed by atoms with Crippen LogP contribution >= 0.6 is 0 Å². The zero-order chi connectivity index (χ0) is 19.3. The molecule has 150 valence electrons. The fourth-order valence-corrected chi connectivity index (χ4v) is 3.10. The van der Waals surface area contributed by atoms with Gasteiger partial charge < -0.3 is 19.9 Å². The fraction of sp³-hybridized carbons (Fsp3) is 0.684. The number of piperidine rings is 1. The molecule has 1 aromatic rings. The molecule has 8 nitrogen and oxygen atoms in total. The molecular weight excluding hydrogens is 346 g/mol. The van der Waals surface area contributed by atoms with Crippen molar-refractivity contribution in [3.63, 3.8) is 0 Å². The highest BCUT2D eigenvalue weighted by Gasteiger charge is 2.20. The van der Waals surface area contributed by atoms with Gasteiger partial charge >= 0.3 is 0 Å². The third-order valence-corrected chi connectivity index (χ3v) is 4.66. The van der Waals surface area contributed by atoms with E-state index in [1.807, 2.05) is 0 Å². The van der Waals surface area contributed by atoms with E-state index >= 15 is 0 Å². The lowest BCUT2D eigenvalue weighted by Crippen LogP contribution is -2.42. The smallest absolute Gasteiger partial charge is 0.274 e. The molecule has 1 saturated heterocycles. The molecule has 1 aliphatic heterocycles. The van der Waals surface area contributed by atoms with E-state index in [0.29, 0.717) is 31.9 Å². The molecule has 0 unspecified atom stereocenters. The van der Waals surface area contributed by atoms with Crippen LogP contribution in [0.25, 0.3) is 0 Å². The predicted molar refractivity (Wildman–Crippen MR) is 102 cm³/mol. The largest absolute Gasteiger partial charge is 0.385 e. The van der Waals surface area contributed by atoms with Crippen molar-refractivity contribution in [2.45, 2.75) is 32.1 Å². The molecule has 2 heterocycles. The summed E-state index contributed by atoms with van der Waals surface area (Å²) >= 11 is 0.